The molecule has 0 aliphatic rings. The van der Waals surface area contributed by atoms with Gasteiger partial charge in [-0.05, 0) is 43.2 Å². The van der Waals surface area contributed by atoms with Crippen LogP contribution in [0.5, 0.6) is 11.5 Å². The van der Waals surface area contributed by atoms with E-state index in [1.54, 1.807) is 19.2 Å². The highest BCUT2D eigenvalue weighted by Crippen LogP contribution is 2.24. The van der Waals surface area contributed by atoms with E-state index in [1.807, 2.05) is 18.2 Å². The number of nitrogens with one attached hydrogen (secondary N) is 1. The van der Waals surface area contributed by atoms with Gasteiger partial charge >= 0.3 is 0 Å². The molecule has 0 radical (unpaired) electrons. The quantitative estimate of drug-likeness (QED) is 0.873. The van der Waals surface area contributed by atoms with Gasteiger partial charge in [-0.2, -0.15) is 0 Å². The summed E-state index contributed by atoms with van der Waals surface area (Å²) in [5.74, 6) is 1.04. The van der Waals surface area contributed by atoms with Gasteiger partial charge in [0.25, 0.3) is 0 Å². The smallest absolute Gasteiger partial charge is 0.120 e. The van der Waals surface area contributed by atoms with Crippen LogP contribution in [0.2, 0.25) is 0 Å². The SMILES string of the molecule is COc1ccc(O)c(CN[C@H](C)c2ccccc2C)c1. The van der Waals surface area contributed by atoms with Gasteiger partial charge in [0, 0.05) is 18.2 Å². The van der Waals surface area contributed by atoms with Gasteiger partial charge in [-0.1, -0.05) is 24.3 Å². The van der Waals surface area contributed by atoms with Gasteiger partial charge < -0.3 is 15.2 Å². The monoisotopic (exact) mass is 271 g/mol. The summed E-state index contributed by atoms with van der Waals surface area (Å²) in [6.07, 6.45) is 0. The van der Waals surface area contributed by atoms with Crippen molar-refractivity contribution in [2.45, 2.75) is 26.4 Å². The maximum Gasteiger partial charge on any atom is 0.120 e. The van der Waals surface area contributed by atoms with Crippen molar-refractivity contribution >= 4 is 0 Å². The summed E-state index contributed by atoms with van der Waals surface area (Å²) >= 11 is 0. The average molecular weight is 271 g/mol. The van der Waals surface area contributed by atoms with Crippen LogP contribution in [0.15, 0.2) is 42.5 Å². The van der Waals surface area contributed by atoms with Gasteiger partial charge in [-0.15, -0.1) is 0 Å². The molecule has 0 spiro atoms. The minimum absolute atomic E-state index is 0.224. The maximum atomic E-state index is 9.87. The number of aryl methyl sites for hydroxylation is 1. The van der Waals surface area contributed by atoms with Crippen molar-refractivity contribution in [2.24, 2.45) is 0 Å². The second-order valence-electron chi connectivity index (χ2n) is 4.95. The third-order valence-corrected chi connectivity index (χ3v) is 3.54. The van der Waals surface area contributed by atoms with Crippen LogP contribution in [0.25, 0.3) is 0 Å². The first-order chi connectivity index (χ1) is 9.61. The van der Waals surface area contributed by atoms with Crippen LogP contribution in [0.1, 0.15) is 29.7 Å². The molecule has 2 N–H and O–H groups in total. The van der Waals surface area contributed by atoms with Gasteiger partial charge in [-0.3, -0.25) is 0 Å². The van der Waals surface area contributed by atoms with E-state index in [9.17, 15) is 5.11 Å². The van der Waals surface area contributed by atoms with Gasteiger partial charge in [0.2, 0.25) is 0 Å². The fourth-order valence-electron chi connectivity index (χ4n) is 2.28. The Kier molecular flexibility index (Phi) is 4.64. The fraction of sp³-hybridized carbons (Fsp3) is 0.294. The highest BCUT2D eigenvalue weighted by Gasteiger charge is 2.09. The number of ether oxygens (including phenoxy) is 1. The molecular formula is C17H21NO2. The highest BCUT2D eigenvalue weighted by atomic mass is 16.5. The van der Waals surface area contributed by atoms with E-state index in [4.69, 9.17) is 4.74 Å². The van der Waals surface area contributed by atoms with Gasteiger partial charge in [-0.25, -0.2) is 0 Å². The Labute approximate surface area is 120 Å². The molecule has 0 saturated carbocycles. The third kappa shape index (κ3) is 3.31. The summed E-state index contributed by atoms with van der Waals surface area (Å²) in [4.78, 5) is 0. The third-order valence-electron chi connectivity index (χ3n) is 3.54. The van der Waals surface area contributed by atoms with Crippen molar-refractivity contribution in [2.75, 3.05) is 7.11 Å². The second kappa shape index (κ2) is 6.44. The summed E-state index contributed by atoms with van der Waals surface area (Å²) in [5.41, 5.74) is 3.38. The predicted octanol–water partition coefficient (Wildman–Crippen LogP) is 3.56. The van der Waals surface area contributed by atoms with Crippen LogP contribution in [0, 0.1) is 6.92 Å². The molecule has 0 aromatic heterocycles. The Bertz CT molecular complexity index is 581. The number of aromatic hydroxyl groups is 1. The molecule has 0 aliphatic carbocycles. The molecule has 0 unspecified atom stereocenters. The lowest BCUT2D eigenvalue weighted by molar-refractivity contribution is 0.409. The van der Waals surface area contributed by atoms with E-state index in [0.29, 0.717) is 6.54 Å². The van der Waals surface area contributed by atoms with Gasteiger partial charge in [0.05, 0.1) is 7.11 Å². The standard InChI is InChI=1S/C17H21NO2/c1-12-6-4-5-7-16(12)13(2)18-11-14-10-15(20-3)8-9-17(14)19/h4-10,13,18-19H,11H2,1-3H3/t13-/m1/s1. The lowest BCUT2D eigenvalue weighted by Gasteiger charge is -2.17. The average Bonchev–Trinajstić information content (AvgIpc) is 2.46. The van der Waals surface area contributed by atoms with E-state index < -0.39 is 0 Å². The van der Waals surface area contributed by atoms with Crippen molar-refractivity contribution in [3.63, 3.8) is 0 Å². The number of benzene rings is 2. The molecule has 0 fully saturated rings. The van der Waals surface area contributed by atoms with Crippen molar-refractivity contribution in [1.29, 1.82) is 0 Å². The van der Waals surface area contributed by atoms with Crippen LogP contribution in [-0.4, -0.2) is 12.2 Å². The topological polar surface area (TPSA) is 41.5 Å². The van der Waals surface area contributed by atoms with Crippen molar-refractivity contribution < 1.29 is 9.84 Å². The maximum absolute atomic E-state index is 9.87. The minimum Gasteiger partial charge on any atom is -0.508 e. The number of methoxy groups -OCH3 is 1. The zero-order valence-corrected chi connectivity index (χ0v) is 12.2. The molecule has 0 amide bonds. The van der Waals surface area contributed by atoms with E-state index >= 15 is 0 Å². The van der Waals surface area contributed by atoms with E-state index in [-0.39, 0.29) is 11.8 Å². The molecule has 0 aliphatic heterocycles. The molecule has 0 saturated heterocycles. The van der Waals surface area contributed by atoms with Gasteiger partial charge in [0.1, 0.15) is 11.5 Å². The summed E-state index contributed by atoms with van der Waals surface area (Å²) in [6, 6.07) is 13.8. The molecule has 2 aromatic carbocycles. The minimum atomic E-state index is 0.224. The number of phenolic OH excluding ortho intramolecular Hbond substituents is 1. The van der Waals surface area contributed by atoms with Crippen molar-refractivity contribution in [1.82, 2.24) is 5.32 Å². The highest BCUT2D eigenvalue weighted by molar-refractivity contribution is 5.39. The predicted molar refractivity (Wildman–Crippen MR) is 81.1 cm³/mol. The molecule has 20 heavy (non-hydrogen) atoms. The fourth-order valence-corrected chi connectivity index (χ4v) is 2.28. The van der Waals surface area contributed by atoms with E-state index in [1.165, 1.54) is 11.1 Å². The van der Waals surface area contributed by atoms with Crippen LogP contribution >= 0.6 is 0 Å². The van der Waals surface area contributed by atoms with Crippen molar-refractivity contribution in [3.8, 4) is 11.5 Å². The first-order valence-corrected chi connectivity index (χ1v) is 6.76. The molecular weight excluding hydrogens is 250 g/mol. The lowest BCUT2D eigenvalue weighted by Crippen LogP contribution is -2.19. The van der Waals surface area contributed by atoms with E-state index in [0.717, 1.165) is 11.3 Å². The molecule has 1 atom stereocenters. The Morgan fingerprint density at radius 3 is 2.65 bits per heavy atom. The lowest BCUT2D eigenvalue weighted by atomic mass is 10.0. The number of hydrogen-bond acceptors (Lipinski definition) is 3. The molecule has 2 rings (SSSR count). The summed E-state index contributed by atoms with van der Waals surface area (Å²) in [7, 11) is 1.62. The first kappa shape index (κ1) is 14.4. The van der Waals surface area contributed by atoms with Crippen LogP contribution in [-0.2, 0) is 6.54 Å². The molecule has 106 valence electrons. The van der Waals surface area contributed by atoms with Gasteiger partial charge in [0.15, 0.2) is 0 Å². The Hall–Kier alpha value is -2.00. The molecule has 2 aromatic rings. The number of rotatable bonds is 5. The zero-order chi connectivity index (χ0) is 14.5. The van der Waals surface area contributed by atoms with Crippen molar-refractivity contribution in [3.05, 3.63) is 59.2 Å². The summed E-state index contributed by atoms with van der Waals surface area (Å²) in [5, 5.41) is 13.3. The van der Waals surface area contributed by atoms with E-state index in [2.05, 4.69) is 31.3 Å². The normalized spacial score (nSPS) is 12.2. The molecule has 3 nitrogen and oxygen atoms in total. The summed E-state index contributed by atoms with van der Waals surface area (Å²) < 4.78 is 5.18. The van der Waals surface area contributed by atoms with Crippen LogP contribution in [0.3, 0.4) is 0 Å². The van der Waals surface area contributed by atoms with Crippen LogP contribution < -0.4 is 10.1 Å². The van der Waals surface area contributed by atoms with Crippen LogP contribution in [0.4, 0.5) is 0 Å². The first-order valence-electron chi connectivity index (χ1n) is 6.76. The molecule has 0 bridgehead atoms. The zero-order valence-electron chi connectivity index (χ0n) is 12.2. The molecule has 0 heterocycles. The summed E-state index contributed by atoms with van der Waals surface area (Å²) in [6.45, 7) is 4.83. The number of hydrogen-bond donors (Lipinski definition) is 2. The second-order valence-corrected chi connectivity index (χ2v) is 4.95. The molecule has 3 heteroatoms. The Balaban J connectivity index is 2.07. The number of phenols is 1. The Morgan fingerprint density at radius 2 is 1.95 bits per heavy atom. The Morgan fingerprint density at radius 1 is 1.20 bits per heavy atom. The largest absolute Gasteiger partial charge is 0.508 e.